The lowest BCUT2D eigenvalue weighted by molar-refractivity contribution is -0.101. The molecule has 2 N–H and O–H groups in total. The minimum atomic E-state index is -2.39. The van der Waals surface area contributed by atoms with Crippen molar-refractivity contribution in [3.05, 3.63) is 0 Å². The maximum Gasteiger partial charge on any atom is 0.324 e. The zero-order chi connectivity index (χ0) is 28.4. The third-order valence-electron chi connectivity index (χ3n) is 6.71. The fourth-order valence-corrected chi connectivity index (χ4v) is 11.3. The monoisotopic (exact) mass is 577 g/mol. The van der Waals surface area contributed by atoms with E-state index in [-0.39, 0.29) is 12.9 Å². The SMILES string of the molecule is CCCCCCCCOC(CCCCCNCCCCO)O[Si](C)(C)O[Si](C)(C)OCCCCCCCC. The molecule has 0 aromatic heterocycles. The van der Waals surface area contributed by atoms with Gasteiger partial charge in [-0.3, -0.25) is 0 Å². The molecule has 1 unspecified atom stereocenters. The van der Waals surface area contributed by atoms with Gasteiger partial charge in [-0.15, -0.1) is 0 Å². The van der Waals surface area contributed by atoms with E-state index in [9.17, 15) is 0 Å². The van der Waals surface area contributed by atoms with Crippen LogP contribution >= 0.6 is 0 Å². The van der Waals surface area contributed by atoms with Crippen LogP contribution in [0.15, 0.2) is 0 Å². The summed E-state index contributed by atoms with van der Waals surface area (Å²) < 4.78 is 25.7. The molecule has 0 saturated heterocycles. The van der Waals surface area contributed by atoms with Crippen LogP contribution in [0.4, 0.5) is 0 Å². The minimum Gasteiger partial charge on any atom is -0.415 e. The Hall–Kier alpha value is 0.194. The first-order chi connectivity index (χ1) is 18.3. The van der Waals surface area contributed by atoms with Gasteiger partial charge in [-0.1, -0.05) is 84.5 Å². The van der Waals surface area contributed by atoms with Gasteiger partial charge in [0.2, 0.25) is 0 Å². The van der Waals surface area contributed by atoms with Gasteiger partial charge in [0.05, 0.1) is 0 Å². The Morgan fingerprint density at radius 1 is 0.605 bits per heavy atom. The van der Waals surface area contributed by atoms with Crippen molar-refractivity contribution in [2.45, 2.75) is 162 Å². The predicted molar refractivity (Wildman–Crippen MR) is 167 cm³/mol. The molecule has 6 nitrogen and oxygen atoms in total. The summed E-state index contributed by atoms with van der Waals surface area (Å²) in [6, 6.07) is 0. The van der Waals surface area contributed by atoms with Crippen molar-refractivity contribution in [1.29, 1.82) is 0 Å². The molecule has 0 spiro atoms. The van der Waals surface area contributed by atoms with Crippen molar-refractivity contribution in [1.82, 2.24) is 5.32 Å². The molecule has 38 heavy (non-hydrogen) atoms. The zero-order valence-corrected chi connectivity index (χ0v) is 28.4. The van der Waals surface area contributed by atoms with Crippen LogP contribution in [0, 0.1) is 0 Å². The molecule has 1 atom stereocenters. The van der Waals surface area contributed by atoms with Crippen molar-refractivity contribution < 1.29 is 22.8 Å². The molecule has 0 aliphatic rings. The minimum absolute atomic E-state index is 0.187. The molecule has 0 radical (unpaired) electrons. The number of hydrogen-bond acceptors (Lipinski definition) is 6. The van der Waals surface area contributed by atoms with Gasteiger partial charge in [-0.2, -0.15) is 0 Å². The number of hydrogen-bond donors (Lipinski definition) is 2. The quantitative estimate of drug-likeness (QED) is 0.0507. The Bertz CT molecular complexity index is 497. The average Bonchev–Trinajstić information content (AvgIpc) is 2.85. The summed E-state index contributed by atoms with van der Waals surface area (Å²) in [5, 5.41) is 12.4. The Labute approximate surface area is 239 Å². The second-order valence-corrected chi connectivity index (χ2v) is 18.7. The maximum absolute atomic E-state index is 8.88. The van der Waals surface area contributed by atoms with Gasteiger partial charge in [-0.25, -0.2) is 0 Å². The van der Waals surface area contributed by atoms with Crippen LogP contribution in [0.3, 0.4) is 0 Å². The summed E-state index contributed by atoms with van der Waals surface area (Å²) in [6.45, 7) is 17.0. The van der Waals surface area contributed by atoms with E-state index in [0.717, 1.165) is 77.7 Å². The summed E-state index contributed by atoms with van der Waals surface area (Å²) in [5.41, 5.74) is 0. The number of ether oxygens (including phenoxy) is 1. The predicted octanol–water partition coefficient (Wildman–Crippen LogP) is 8.43. The molecule has 0 amide bonds. The molecule has 0 aliphatic carbocycles. The Balaban J connectivity index is 4.49. The fourth-order valence-electron chi connectivity index (χ4n) is 4.66. The zero-order valence-electron chi connectivity index (χ0n) is 26.4. The molecule has 0 saturated carbocycles. The number of rotatable bonds is 30. The maximum atomic E-state index is 8.88. The Morgan fingerprint density at radius 3 is 1.74 bits per heavy atom. The summed E-state index contributed by atoms with van der Waals surface area (Å²) >= 11 is 0. The van der Waals surface area contributed by atoms with Crippen LogP contribution < -0.4 is 5.32 Å². The molecule has 0 aromatic carbocycles. The summed E-state index contributed by atoms with van der Waals surface area (Å²) in [4.78, 5) is 0. The molecular formula is C30H67NO5Si2. The third-order valence-corrected chi connectivity index (χ3v) is 12.4. The normalized spacial score (nSPS) is 13.3. The highest BCUT2D eigenvalue weighted by Gasteiger charge is 2.38. The summed E-state index contributed by atoms with van der Waals surface area (Å²) in [5.74, 6) is 0. The summed E-state index contributed by atoms with van der Waals surface area (Å²) in [7, 11) is -4.63. The summed E-state index contributed by atoms with van der Waals surface area (Å²) in [6.07, 6.45) is 21.3. The average molecular weight is 578 g/mol. The third kappa shape index (κ3) is 26.4. The Kier molecular flexibility index (Phi) is 26.2. The second kappa shape index (κ2) is 26.1. The van der Waals surface area contributed by atoms with Crippen molar-refractivity contribution in [3.8, 4) is 0 Å². The van der Waals surface area contributed by atoms with Gasteiger partial charge in [0.1, 0.15) is 6.29 Å². The number of aliphatic hydroxyl groups excluding tert-OH is 1. The van der Waals surface area contributed by atoms with E-state index in [1.165, 1.54) is 64.2 Å². The topological polar surface area (TPSA) is 69.2 Å². The van der Waals surface area contributed by atoms with Gasteiger partial charge in [-0.05, 0) is 84.2 Å². The molecule has 0 heterocycles. The van der Waals surface area contributed by atoms with Crippen molar-refractivity contribution in [3.63, 3.8) is 0 Å². The largest absolute Gasteiger partial charge is 0.415 e. The molecule has 0 fully saturated rings. The molecule has 0 aliphatic heterocycles. The fraction of sp³-hybridized carbons (Fsp3) is 1.00. The first-order valence-electron chi connectivity index (χ1n) is 16.2. The van der Waals surface area contributed by atoms with E-state index in [0.29, 0.717) is 0 Å². The van der Waals surface area contributed by atoms with Crippen LogP contribution in [0.2, 0.25) is 26.2 Å². The standard InChI is InChI=1S/C30H67NO5Si2/c1-7-9-11-13-15-22-28-33-30(24-18-17-19-25-31-26-20-21-27-32)35-38(5,6)36-37(3,4)34-29-23-16-14-12-10-8-2/h30-32H,7-29H2,1-6H3. The van der Waals surface area contributed by atoms with Gasteiger partial charge >= 0.3 is 17.1 Å². The second-order valence-electron chi connectivity index (χ2n) is 11.7. The van der Waals surface area contributed by atoms with E-state index in [4.69, 9.17) is 22.8 Å². The molecule has 0 rings (SSSR count). The van der Waals surface area contributed by atoms with E-state index in [1.54, 1.807) is 0 Å². The van der Waals surface area contributed by atoms with Crippen molar-refractivity contribution in [2.75, 3.05) is 32.9 Å². The lowest BCUT2D eigenvalue weighted by Crippen LogP contribution is -2.50. The molecule has 8 heteroatoms. The van der Waals surface area contributed by atoms with Gasteiger partial charge < -0.3 is 28.1 Å². The molecular weight excluding hydrogens is 511 g/mol. The van der Waals surface area contributed by atoms with Gasteiger partial charge in [0, 0.05) is 19.8 Å². The molecule has 0 bridgehead atoms. The number of unbranched alkanes of at least 4 members (excludes halogenated alkanes) is 13. The van der Waals surface area contributed by atoms with Crippen LogP contribution in [-0.4, -0.2) is 61.4 Å². The lowest BCUT2D eigenvalue weighted by Gasteiger charge is -2.35. The van der Waals surface area contributed by atoms with Crippen LogP contribution in [-0.2, 0) is 17.7 Å². The number of nitrogens with one attached hydrogen (secondary N) is 1. The van der Waals surface area contributed by atoms with Gasteiger partial charge in [0.15, 0.2) is 0 Å². The van der Waals surface area contributed by atoms with Gasteiger partial charge in [0.25, 0.3) is 0 Å². The van der Waals surface area contributed by atoms with Crippen molar-refractivity contribution >= 4 is 17.1 Å². The smallest absolute Gasteiger partial charge is 0.324 e. The molecule has 230 valence electrons. The van der Waals surface area contributed by atoms with Crippen molar-refractivity contribution in [2.24, 2.45) is 0 Å². The Morgan fingerprint density at radius 2 is 1.13 bits per heavy atom. The first kappa shape index (κ1) is 38.2. The highest BCUT2D eigenvalue weighted by atomic mass is 28.5. The lowest BCUT2D eigenvalue weighted by atomic mass is 10.1. The van der Waals surface area contributed by atoms with E-state index in [1.807, 2.05) is 0 Å². The molecule has 0 aromatic rings. The highest BCUT2D eigenvalue weighted by Crippen LogP contribution is 2.22. The van der Waals surface area contributed by atoms with Crippen LogP contribution in [0.1, 0.15) is 129 Å². The van der Waals surface area contributed by atoms with Crippen LogP contribution in [0.25, 0.3) is 0 Å². The first-order valence-corrected chi connectivity index (χ1v) is 21.8. The van der Waals surface area contributed by atoms with E-state index in [2.05, 4.69) is 45.4 Å². The van der Waals surface area contributed by atoms with E-state index >= 15 is 0 Å². The highest BCUT2D eigenvalue weighted by molar-refractivity contribution is 6.78. The van der Waals surface area contributed by atoms with Crippen LogP contribution in [0.5, 0.6) is 0 Å². The number of aliphatic hydroxyl groups is 1. The van der Waals surface area contributed by atoms with E-state index < -0.39 is 17.1 Å².